The molecule has 0 N–H and O–H groups in total. The van der Waals surface area contributed by atoms with Gasteiger partial charge in [0.1, 0.15) is 0 Å². The minimum atomic E-state index is 0.464. The molecule has 1 aromatic rings. The second-order valence-corrected chi connectivity index (χ2v) is 4.51. The molecule has 2 rings (SSSR count). The van der Waals surface area contributed by atoms with Crippen LogP contribution in [0.15, 0.2) is 24.4 Å². The zero-order valence-electron chi connectivity index (χ0n) is 6.91. The van der Waals surface area contributed by atoms with E-state index in [1.54, 1.807) is 0 Å². The number of hydrogen-bond donors (Lipinski definition) is 0. The molecular formula is C10H12BrN. The van der Waals surface area contributed by atoms with Gasteiger partial charge in [-0.15, -0.1) is 0 Å². The minimum absolute atomic E-state index is 0.464. The molecule has 0 aromatic carbocycles. The van der Waals surface area contributed by atoms with E-state index in [1.807, 2.05) is 18.3 Å². The molecule has 0 spiro atoms. The Labute approximate surface area is 81.3 Å². The summed E-state index contributed by atoms with van der Waals surface area (Å²) >= 11 is 3.66. The smallest absolute Gasteiger partial charge is 0.0570 e. The molecule has 1 aromatic heterocycles. The molecule has 1 heterocycles. The van der Waals surface area contributed by atoms with E-state index in [-0.39, 0.29) is 0 Å². The summed E-state index contributed by atoms with van der Waals surface area (Å²) in [6.45, 7) is 0. The van der Waals surface area contributed by atoms with Crippen LogP contribution in [0, 0.1) is 5.92 Å². The van der Waals surface area contributed by atoms with E-state index in [1.165, 1.54) is 25.0 Å². The van der Waals surface area contributed by atoms with Gasteiger partial charge >= 0.3 is 0 Å². The van der Waals surface area contributed by atoms with Gasteiger partial charge in [0.05, 0.1) is 10.5 Å². The molecule has 64 valence electrons. The van der Waals surface area contributed by atoms with E-state index in [9.17, 15) is 0 Å². The Kier molecular flexibility index (Phi) is 2.45. The summed E-state index contributed by atoms with van der Waals surface area (Å²) in [5.74, 6) is 0.955. The number of rotatable bonds is 3. The lowest BCUT2D eigenvalue weighted by Gasteiger charge is -2.06. The summed E-state index contributed by atoms with van der Waals surface area (Å²) in [6, 6.07) is 6.09. The quantitative estimate of drug-likeness (QED) is 0.720. The van der Waals surface area contributed by atoms with Gasteiger partial charge in [-0.05, 0) is 24.5 Å². The van der Waals surface area contributed by atoms with Crippen LogP contribution < -0.4 is 0 Å². The van der Waals surface area contributed by atoms with Gasteiger partial charge in [-0.3, -0.25) is 4.98 Å². The zero-order chi connectivity index (χ0) is 8.39. The van der Waals surface area contributed by atoms with Crippen LogP contribution in [-0.2, 0) is 0 Å². The molecule has 0 radical (unpaired) electrons. The SMILES string of the molecule is BrC(CC1CC1)c1ccccn1. The van der Waals surface area contributed by atoms with Crippen molar-refractivity contribution in [3.63, 3.8) is 0 Å². The van der Waals surface area contributed by atoms with Crippen molar-refractivity contribution >= 4 is 15.9 Å². The predicted octanol–water partition coefficient (Wildman–Crippen LogP) is 3.32. The molecule has 2 heteroatoms. The Hall–Kier alpha value is -0.370. The van der Waals surface area contributed by atoms with E-state index in [0.717, 1.165) is 5.92 Å². The molecule has 12 heavy (non-hydrogen) atoms. The second kappa shape index (κ2) is 3.56. The highest BCUT2D eigenvalue weighted by Gasteiger charge is 2.25. The Morgan fingerprint density at radius 1 is 1.50 bits per heavy atom. The van der Waals surface area contributed by atoms with Crippen LogP contribution in [0.3, 0.4) is 0 Å². The van der Waals surface area contributed by atoms with Crippen LogP contribution in [0.2, 0.25) is 0 Å². The average Bonchev–Trinajstić information content (AvgIpc) is 2.90. The van der Waals surface area contributed by atoms with E-state index in [4.69, 9.17) is 0 Å². The van der Waals surface area contributed by atoms with Crippen molar-refractivity contribution in [3.8, 4) is 0 Å². The van der Waals surface area contributed by atoms with Gasteiger partial charge in [0.25, 0.3) is 0 Å². The fourth-order valence-corrected chi connectivity index (χ4v) is 2.13. The fraction of sp³-hybridized carbons (Fsp3) is 0.500. The van der Waals surface area contributed by atoms with Crippen LogP contribution in [-0.4, -0.2) is 4.98 Å². The monoisotopic (exact) mass is 225 g/mol. The largest absolute Gasteiger partial charge is 0.260 e. The Bertz CT molecular complexity index is 243. The van der Waals surface area contributed by atoms with Gasteiger partial charge in [0.2, 0.25) is 0 Å². The first-order valence-corrected chi connectivity index (χ1v) is 5.33. The number of pyridine rings is 1. The lowest BCUT2D eigenvalue weighted by atomic mass is 10.1. The molecular weight excluding hydrogens is 214 g/mol. The van der Waals surface area contributed by atoms with Crippen molar-refractivity contribution in [2.24, 2.45) is 5.92 Å². The predicted molar refractivity (Wildman–Crippen MR) is 53.2 cm³/mol. The first-order valence-electron chi connectivity index (χ1n) is 4.41. The van der Waals surface area contributed by atoms with Crippen LogP contribution in [0.4, 0.5) is 0 Å². The van der Waals surface area contributed by atoms with Gasteiger partial charge in [-0.1, -0.05) is 34.8 Å². The molecule has 1 saturated carbocycles. The molecule has 0 amide bonds. The molecule has 1 aliphatic carbocycles. The molecule has 1 atom stereocenters. The Morgan fingerprint density at radius 3 is 2.92 bits per heavy atom. The molecule has 0 bridgehead atoms. The highest BCUT2D eigenvalue weighted by Crippen LogP contribution is 2.40. The number of halogens is 1. The minimum Gasteiger partial charge on any atom is -0.260 e. The van der Waals surface area contributed by atoms with Crippen molar-refractivity contribution in [1.29, 1.82) is 0 Å². The highest BCUT2D eigenvalue weighted by atomic mass is 79.9. The van der Waals surface area contributed by atoms with E-state index in [0.29, 0.717) is 4.83 Å². The number of nitrogens with zero attached hydrogens (tertiary/aromatic N) is 1. The first-order chi connectivity index (χ1) is 5.86. The van der Waals surface area contributed by atoms with E-state index < -0.39 is 0 Å². The Balaban J connectivity index is 1.98. The van der Waals surface area contributed by atoms with Crippen molar-refractivity contribution in [3.05, 3.63) is 30.1 Å². The summed E-state index contributed by atoms with van der Waals surface area (Å²) in [4.78, 5) is 4.78. The maximum absolute atomic E-state index is 4.31. The lowest BCUT2D eigenvalue weighted by Crippen LogP contribution is -1.93. The van der Waals surface area contributed by atoms with Gasteiger partial charge in [-0.25, -0.2) is 0 Å². The number of hydrogen-bond acceptors (Lipinski definition) is 1. The third-order valence-electron chi connectivity index (χ3n) is 2.25. The number of aromatic nitrogens is 1. The van der Waals surface area contributed by atoms with Crippen LogP contribution in [0.5, 0.6) is 0 Å². The molecule has 1 aliphatic rings. The third-order valence-corrected chi connectivity index (χ3v) is 3.09. The highest BCUT2D eigenvalue weighted by molar-refractivity contribution is 9.09. The van der Waals surface area contributed by atoms with Crippen molar-refractivity contribution in [1.82, 2.24) is 4.98 Å². The summed E-state index contributed by atoms with van der Waals surface area (Å²) in [7, 11) is 0. The maximum Gasteiger partial charge on any atom is 0.0570 e. The van der Waals surface area contributed by atoms with Crippen LogP contribution in [0.1, 0.15) is 29.8 Å². The topological polar surface area (TPSA) is 12.9 Å². The standard InChI is InChI=1S/C10H12BrN/c11-9(7-8-4-5-8)10-3-1-2-6-12-10/h1-3,6,8-9H,4-5,7H2. The first kappa shape index (κ1) is 8.24. The molecule has 1 nitrogen and oxygen atoms in total. The van der Waals surface area contributed by atoms with Crippen molar-refractivity contribution in [2.75, 3.05) is 0 Å². The number of alkyl halides is 1. The molecule has 0 aliphatic heterocycles. The molecule has 1 fully saturated rings. The summed E-state index contributed by atoms with van der Waals surface area (Å²) in [5.41, 5.74) is 1.17. The van der Waals surface area contributed by atoms with Gasteiger partial charge in [-0.2, -0.15) is 0 Å². The summed E-state index contributed by atoms with van der Waals surface area (Å²) in [5, 5.41) is 0. The third kappa shape index (κ3) is 2.07. The second-order valence-electron chi connectivity index (χ2n) is 3.40. The van der Waals surface area contributed by atoms with E-state index >= 15 is 0 Å². The normalized spacial score (nSPS) is 19.1. The van der Waals surface area contributed by atoms with E-state index in [2.05, 4.69) is 27.0 Å². The van der Waals surface area contributed by atoms with Crippen molar-refractivity contribution < 1.29 is 0 Å². The zero-order valence-corrected chi connectivity index (χ0v) is 8.50. The molecule has 1 unspecified atom stereocenters. The average molecular weight is 226 g/mol. The van der Waals surface area contributed by atoms with Crippen molar-refractivity contribution in [2.45, 2.75) is 24.1 Å². The van der Waals surface area contributed by atoms with Gasteiger partial charge in [0, 0.05) is 6.20 Å². The fourth-order valence-electron chi connectivity index (χ4n) is 1.33. The lowest BCUT2D eigenvalue weighted by molar-refractivity contribution is 0.708. The maximum atomic E-state index is 4.31. The summed E-state index contributed by atoms with van der Waals surface area (Å²) in [6.07, 6.45) is 5.93. The van der Waals surface area contributed by atoms with Crippen LogP contribution >= 0.6 is 15.9 Å². The van der Waals surface area contributed by atoms with Crippen LogP contribution in [0.25, 0.3) is 0 Å². The Morgan fingerprint density at radius 2 is 2.33 bits per heavy atom. The van der Waals surface area contributed by atoms with Gasteiger partial charge in [0.15, 0.2) is 0 Å². The van der Waals surface area contributed by atoms with Gasteiger partial charge < -0.3 is 0 Å². The molecule has 0 saturated heterocycles. The summed E-state index contributed by atoms with van der Waals surface area (Å²) < 4.78 is 0.